The first kappa shape index (κ1) is 15.1. The smallest absolute Gasteiger partial charge is 0.326 e. The molecule has 0 saturated carbocycles. The largest absolute Gasteiger partial charge is 0.484 e. The molecule has 1 aliphatic rings. The maximum Gasteiger partial charge on any atom is 0.326 e. The number of carbonyl (C=O) groups excluding carboxylic acids is 1. The number of rotatable bonds is 4. The second kappa shape index (κ2) is 6.52. The predicted molar refractivity (Wildman–Crippen MR) is 84.1 cm³/mol. The van der Waals surface area contributed by atoms with E-state index in [4.69, 9.17) is 4.74 Å². The highest BCUT2D eigenvalue weighted by Gasteiger charge is 2.34. The highest BCUT2D eigenvalue weighted by molar-refractivity contribution is 5.85. The van der Waals surface area contributed by atoms with Gasteiger partial charge in [0.05, 0.1) is 0 Å². The quantitative estimate of drug-likeness (QED) is 0.939. The molecule has 1 atom stereocenters. The molecule has 1 aliphatic heterocycles. The minimum atomic E-state index is -0.993. The lowest BCUT2D eigenvalue weighted by atomic mass is 9.94. The topological polar surface area (TPSA) is 66.8 Å². The molecular weight excluding hydrogens is 294 g/mol. The van der Waals surface area contributed by atoms with Crippen molar-refractivity contribution >= 4 is 11.9 Å². The second-order valence-corrected chi connectivity index (χ2v) is 5.45. The Morgan fingerprint density at radius 1 is 1.04 bits per heavy atom. The number of nitrogens with zero attached hydrogens (tertiary/aromatic N) is 1. The fourth-order valence-electron chi connectivity index (χ4n) is 2.75. The average Bonchev–Trinajstić information content (AvgIpc) is 2.59. The lowest BCUT2D eigenvalue weighted by Gasteiger charge is -2.34. The normalized spacial score (nSPS) is 16.5. The fraction of sp³-hybridized carbons (Fsp3) is 0.222. The molecule has 3 rings (SSSR count). The number of fused-ring (bicyclic) bond motifs is 1. The Morgan fingerprint density at radius 3 is 2.39 bits per heavy atom. The standard InChI is InChI=1S/C18H17NO4/c20-17(12-23-15-8-2-1-3-9-15)19-11-14-7-5-4-6-13(14)10-16(19)18(21)22/h1-9,16H,10-12H2,(H,21,22)/t16-/m0/s1. The summed E-state index contributed by atoms with van der Waals surface area (Å²) in [6.07, 6.45) is 0.322. The van der Waals surface area contributed by atoms with Crippen LogP contribution in [0.1, 0.15) is 11.1 Å². The number of hydrogen-bond acceptors (Lipinski definition) is 3. The van der Waals surface area contributed by atoms with Crippen molar-refractivity contribution in [1.82, 2.24) is 4.90 Å². The summed E-state index contributed by atoms with van der Waals surface area (Å²) < 4.78 is 5.45. The zero-order valence-electron chi connectivity index (χ0n) is 12.5. The highest BCUT2D eigenvalue weighted by Crippen LogP contribution is 2.23. The van der Waals surface area contributed by atoms with Crippen LogP contribution in [-0.4, -0.2) is 34.5 Å². The molecular formula is C18H17NO4. The van der Waals surface area contributed by atoms with Gasteiger partial charge in [-0.2, -0.15) is 0 Å². The summed E-state index contributed by atoms with van der Waals surface area (Å²) in [4.78, 5) is 25.3. The van der Waals surface area contributed by atoms with E-state index < -0.39 is 12.0 Å². The van der Waals surface area contributed by atoms with Crippen LogP contribution in [0.25, 0.3) is 0 Å². The van der Waals surface area contributed by atoms with E-state index in [2.05, 4.69) is 0 Å². The Kier molecular flexibility index (Phi) is 4.28. The lowest BCUT2D eigenvalue weighted by molar-refractivity contribution is -0.152. The predicted octanol–water partition coefficient (Wildman–Crippen LogP) is 2.10. The Labute approximate surface area is 134 Å². The van der Waals surface area contributed by atoms with Crippen LogP contribution in [0.2, 0.25) is 0 Å². The van der Waals surface area contributed by atoms with Gasteiger partial charge in [-0.05, 0) is 23.3 Å². The number of carboxylic acid groups (broad SMARTS) is 1. The Morgan fingerprint density at radius 2 is 1.70 bits per heavy atom. The molecule has 1 heterocycles. The molecule has 118 valence electrons. The van der Waals surface area contributed by atoms with E-state index in [-0.39, 0.29) is 12.5 Å². The van der Waals surface area contributed by atoms with Crippen LogP contribution in [0.5, 0.6) is 5.75 Å². The molecule has 0 fully saturated rings. The molecule has 0 bridgehead atoms. The van der Waals surface area contributed by atoms with Crippen LogP contribution >= 0.6 is 0 Å². The van der Waals surface area contributed by atoms with Crippen molar-refractivity contribution < 1.29 is 19.4 Å². The molecule has 23 heavy (non-hydrogen) atoms. The van der Waals surface area contributed by atoms with Crippen molar-refractivity contribution in [2.75, 3.05) is 6.61 Å². The van der Waals surface area contributed by atoms with Gasteiger partial charge in [0.15, 0.2) is 6.61 Å². The van der Waals surface area contributed by atoms with Crippen molar-refractivity contribution in [1.29, 1.82) is 0 Å². The summed E-state index contributed by atoms with van der Waals surface area (Å²) in [5.41, 5.74) is 1.96. The summed E-state index contributed by atoms with van der Waals surface area (Å²) >= 11 is 0. The summed E-state index contributed by atoms with van der Waals surface area (Å²) in [7, 11) is 0. The molecule has 5 nitrogen and oxygen atoms in total. The van der Waals surface area contributed by atoms with Gasteiger partial charge in [-0.3, -0.25) is 4.79 Å². The van der Waals surface area contributed by atoms with E-state index in [1.54, 1.807) is 12.1 Å². The Balaban J connectivity index is 1.74. The number of benzene rings is 2. The van der Waals surface area contributed by atoms with E-state index in [1.807, 2.05) is 42.5 Å². The number of aliphatic carboxylic acids is 1. The molecule has 1 amide bonds. The molecule has 2 aromatic rings. The number of amides is 1. The summed E-state index contributed by atoms with van der Waals surface area (Å²) in [6.45, 7) is 0.125. The molecule has 0 radical (unpaired) electrons. The van der Waals surface area contributed by atoms with E-state index in [1.165, 1.54) is 4.90 Å². The zero-order valence-corrected chi connectivity index (χ0v) is 12.5. The molecule has 0 aliphatic carbocycles. The lowest BCUT2D eigenvalue weighted by Crippen LogP contribution is -2.50. The molecule has 0 spiro atoms. The second-order valence-electron chi connectivity index (χ2n) is 5.45. The molecule has 2 aromatic carbocycles. The van der Waals surface area contributed by atoms with Gasteiger partial charge in [0.2, 0.25) is 0 Å². The maximum atomic E-state index is 12.4. The Bertz CT molecular complexity index is 714. The van der Waals surface area contributed by atoms with Crippen molar-refractivity contribution in [3.05, 3.63) is 65.7 Å². The van der Waals surface area contributed by atoms with Gasteiger partial charge >= 0.3 is 5.97 Å². The minimum Gasteiger partial charge on any atom is -0.484 e. The zero-order chi connectivity index (χ0) is 16.2. The maximum absolute atomic E-state index is 12.4. The van der Waals surface area contributed by atoms with Crippen LogP contribution < -0.4 is 4.74 Å². The van der Waals surface area contributed by atoms with Crippen LogP contribution in [-0.2, 0) is 22.6 Å². The first-order chi connectivity index (χ1) is 11.1. The summed E-state index contributed by atoms with van der Waals surface area (Å²) in [5.74, 6) is -0.728. The van der Waals surface area contributed by atoms with Gasteiger partial charge in [0.1, 0.15) is 11.8 Å². The van der Waals surface area contributed by atoms with Gasteiger partial charge in [0, 0.05) is 13.0 Å². The van der Waals surface area contributed by atoms with E-state index >= 15 is 0 Å². The fourth-order valence-corrected chi connectivity index (χ4v) is 2.75. The first-order valence-electron chi connectivity index (χ1n) is 7.42. The summed E-state index contributed by atoms with van der Waals surface area (Å²) in [6, 6.07) is 15.8. The van der Waals surface area contributed by atoms with Crippen LogP contribution in [0.15, 0.2) is 54.6 Å². The molecule has 0 saturated heterocycles. The minimum absolute atomic E-state index is 0.171. The van der Waals surface area contributed by atoms with Gasteiger partial charge < -0.3 is 14.7 Å². The summed E-state index contributed by atoms with van der Waals surface area (Å²) in [5, 5.41) is 9.43. The molecule has 5 heteroatoms. The van der Waals surface area contributed by atoms with Gasteiger partial charge in [-0.25, -0.2) is 4.79 Å². The van der Waals surface area contributed by atoms with E-state index in [9.17, 15) is 14.7 Å². The van der Waals surface area contributed by atoms with Gasteiger partial charge in [-0.15, -0.1) is 0 Å². The molecule has 0 aromatic heterocycles. The van der Waals surface area contributed by atoms with Crippen molar-refractivity contribution in [2.24, 2.45) is 0 Å². The van der Waals surface area contributed by atoms with E-state index in [0.717, 1.165) is 11.1 Å². The first-order valence-corrected chi connectivity index (χ1v) is 7.42. The Hall–Kier alpha value is -2.82. The number of hydrogen-bond donors (Lipinski definition) is 1. The third-order valence-electron chi connectivity index (χ3n) is 3.96. The molecule has 0 unspecified atom stereocenters. The van der Waals surface area contributed by atoms with Gasteiger partial charge in [-0.1, -0.05) is 42.5 Å². The third kappa shape index (κ3) is 3.34. The highest BCUT2D eigenvalue weighted by atomic mass is 16.5. The van der Waals surface area contributed by atoms with Crippen LogP contribution in [0.3, 0.4) is 0 Å². The third-order valence-corrected chi connectivity index (χ3v) is 3.96. The monoisotopic (exact) mass is 311 g/mol. The van der Waals surface area contributed by atoms with E-state index in [0.29, 0.717) is 18.7 Å². The number of carboxylic acids is 1. The average molecular weight is 311 g/mol. The van der Waals surface area contributed by atoms with Crippen molar-refractivity contribution in [2.45, 2.75) is 19.0 Å². The number of carbonyl (C=O) groups is 2. The number of para-hydroxylation sites is 1. The molecule has 1 N–H and O–H groups in total. The van der Waals surface area contributed by atoms with Gasteiger partial charge in [0.25, 0.3) is 5.91 Å². The van der Waals surface area contributed by atoms with Crippen molar-refractivity contribution in [3.8, 4) is 5.75 Å². The van der Waals surface area contributed by atoms with Crippen LogP contribution in [0, 0.1) is 0 Å². The number of ether oxygens (including phenoxy) is 1. The van der Waals surface area contributed by atoms with Crippen LogP contribution in [0.4, 0.5) is 0 Å². The van der Waals surface area contributed by atoms with Crippen molar-refractivity contribution in [3.63, 3.8) is 0 Å². The SMILES string of the molecule is O=C(O)[C@@H]1Cc2ccccc2CN1C(=O)COc1ccccc1.